The Morgan fingerprint density at radius 3 is 2.52 bits per heavy atom. The lowest BCUT2D eigenvalue weighted by atomic mass is 10.1. The van der Waals surface area contributed by atoms with Gasteiger partial charge in [-0.2, -0.15) is 0 Å². The van der Waals surface area contributed by atoms with Crippen LogP contribution < -0.4 is 5.32 Å². The zero-order valence-electron chi connectivity index (χ0n) is 16.1. The number of nitrogens with one attached hydrogen (secondary N) is 1. The molecule has 0 aromatic heterocycles. The van der Waals surface area contributed by atoms with E-state index < -0.39 is 17.6 Å². The monoisotopic (exact) mass is 364 g/mol. The number of benzodiazepines with no additional fused rings is 1. The first-order chi connectivity index (χ1) is 12.7. The number of hydrogen-bond acceptors (Lipinski definition) is 4. The van der Waals surface area contributed by atoms with E-state index in [0.29, 0.717) is 17.7 Å². The second kappa shape index (κ2) is 7.35. The van der Waals surface area contributed by atoms with Gasteiger partial charge in [0, 0.05) is 17.7 Å². The van der Waals surface area contributed by atoms with Crippen LogP contribution in [-0.4, -0.2) is 29.2 Å². The lowest BCUT2D eigenvalue weighted by molar-refractivity contribution is -0.117. The van der Waals surface area contributed by atoms with Crippen molar-refractivity contribution in [2.75, 3.05) is 5.32 Å². The summed E-state index contributed by atoms with van der Waals surface area (Å²) in [5, 5.41) is 2.92. The predicted octanol–water partition coefficient (Wildman–Crippen LogP) is 4.01. The quantitative estimate of drug-likeness (QED) is 0.837. The average Bonchev–Trinajstić information content (AvgIpc) is 2.71. The number of fused-ring (bicyclic) bond motifs is 1. The Labute approximate surface area is 159 Å². The van der Waals surface area contributed by atoms with Crippen molar-refractivity contribution in [3.8, 4) is 0 Å². The van der Waals surface area contributed by atoms with Crippen molar-refractivity contribution in [1.82, 2.24) is 0 Å². The van der Waals surface area contributed by atoms with Crippen LogP contribution in [0.2, 0.25) is 0 Å². The molecule has 5 nitrogen and oxygen atoms in total. The first-order valence-corrected chi connectivity index (χ1v) is 9.00. The minimum atomic E-state index is -0.578. The van der Waals surface area contributed by atoms with Crippen LogP contribution in [-0.2, 0) is 16.0 Å². The van der Waals surface area contributed by atoms with Gasteiger partial charge in [-0.25, -0.2) is 4.79 Å². The highest BCUT2D eigenvalue weighted by molar-refractivity contribution is 6.11. The maximum Gasteiger partial charge on any atom is 0.338 e. The minimum absolute atomic E-state index is 0.182. The molecule has 1 amide bonds. The van der Waals surface area contributed by atoms with Gasteiger partial charge in [-0.1, -0.05) is 36.4 Å². The second-order valence-electron chi connectivity index (χ2n) is 7.67. The van der Waals surface area contributed by atoms with Crippen LogP contribution in [0.3, 0.4) is 0 Å². The molecule has 0 radical (unpaired) electrons. The van der Waals surface area contributed by atoms with E-state index in [2.05, 4.69) is 10.3 Å². The zero-order valence-corrected chi connectivity index (χ0v) is 16.1. The van der Waals surface area contributed by atoms with Crippen molar-refractivity contribution < 1.29 is 14.3 Å². The number of ether oxygens (including phenoxy) is 1. The van der Waals surface area contributed by atoms with Crippen molar-refractivity contribution in [2.45, 2.75) is 45.8 Å². The van der Waals surface area contributed by atoms with Gasteiger partial charge in [0.25, 0.3) is 0 Å². The fraction of sp³-hybridized carbons (Fsp3) is 0.318. The Bertz CT molecular complexity index is 896. The molecule has 0 aliphatic carbocycles. The lowest BCUT2D eigenvalue weighted by Gasteiger charge is -2.20. The molecule has 2 aromatic carbocycles. The van der Waals surface area contributed by atoms with Crippen molar-refractivity contribution >= 4 is 23.3 Å². The molecule has 1 aliphatic heterocycles. The van der Waals surface area contributed by atoms with Crippen LogP contribution in [0, 0.1) is 0 Å². The van der Waals surface area contributed by atoms with E-state index in [1.165, 1.54) is 0 Å². The zero-order chi connectivity index (χ0) is 19.6. The summed E-state index contributed by atoms with van der Waals surface area (Å²) in [5.74, 6) is -0.600. The summed E-state index contributed by atoms with van der Waals surface area (Å²) in [5.41, 5.74) is 3.03. The van der Waals surface area contributed by atoms with E-state index in [1.54, 1.807) is 18.2 Å². The molecule has 3 rings (SSSR count). The Morgan fingerprint density at radius 1 is 1.15 bits per heavy atom. The molecule has 0 saturated carbocycles. The van der Waals surface area contributed by atoms with E-state index in [0.717, 1.165) is 16.8 Å². The van der Waals surface area contributed by atoms with E-state index in [9.17, 15) is 9.59 Å². The molecule has 1 aliphatic rings. The van der Waals surface area contributed by atoms with Gasteiger partial charge in [-0.05, 0) is 45.4 Å². The molecule has 0 fully saturated rings. The normalized spacial score (nSPS) is 16.7. The van der Waals surface area contributed by atoms with Crippen LogP contribution in [0.4, 0.5) is 5.69 Å². The molecule has 0 spiro atoms. The highest BCUT2D eigenvalue weighted by Crippen LogP contribution is 2.25. The van der Waals surface area contributed by atoms with Crippen molar-refractivity contribution in [2.24, 2.45) is 4.99 Å². The van der Waals surface area contributed by atoms with Crippen LogP contribution >= 0.6 is 0 Å². The van der Waals surface area contributed by atoms with Crippen LogP contribution in [0.25, 0.3) is 0 Å². The SMILES string of the molecule is CC1=N[C@H](Cc2ccccc2)C(=O)Nc2cc(C(=O)OC(C)(C)C)ccc21. The number of carbonyl (C=O) groups is 2. The third kappa shape index (κ3) is 4.61. The molecule has 140 valence electrons. The molecule has 1 N–H and O–H groups in total. The Kier molecular flexibility index (Phi) is 5.13. The summed E-state index contributed by atoms with van der Waals surface area (Å²) < 4.78 is 5.42. The third-order valence-electron chi connectivity index (χ3n) is 4.23. The van der Waals surface area contributed by atoms with Crippen LogP contribution in [0.1, 0.15) is 49.2 Å². The molecular weight excluding hydrogens is 340 g/mol. The van der Waals surface area contributed by atoms with Crippen molar-refractivity contribution in [3.63, 3.8) is 0 Å². The van der Waals surface area contributed by atoms with Gasteiger partial charge in [-0.3, -0.25) is 9.79 Å². The van der Waals surface area contributed by atoms with Crippen LogP contribution in [0.5, 0.6) is 0 Å². The van der Waals surface area contributed by atoms with Gasteiger partial charge in [0.15, 0.2) is 0 Å². The minimum Gasteiger partial charge on any atom is -0.456 e. The summed E-state index contributed by atoms with van der Waals surface area (Å²) in [6, 6.07) is 14.5. The Hall–Kier alpha value is -2.95. The summed E-state index contributed by atoms with van der Waals surface area (Å²) in [6.07, 6.45) is 0.525. The summed E-state index contributed by atoms with van der Waals surface area (Å²) >= 11 is 0. The van der Waals surface area contributed by atoms with E-state index in [4.69, 9.17) is 4.74 Å². The summed E-state index contributed by atoms with van der Waals surface area (Å²) in [4.78, 5) is 29.7. The van der Waals surface area contributed by atoms with E-state index in [1.807, 2.05) is 58.0 Å². The smallest absolute Gasteiger partial charge is 0.338 e. The number of aliphatic imine (C=N–C) groups is 1. The topological polar surface area (TPSA) is 67.8 Å². The average molecular weight is 364 g/mol. The lowest BCUT2D eigenvalue weighted by Crippen LogP contribution is -2.27. The number of esters is 1. The molecule has 1 heterocycles. The molecule has 5 heteroatoms. The highest BCUT2D eigenvalue weighted by atomic mass is 16.6. The second-order valence-corrected chi connectivity index (χ2v) is 7.67. The summed E-state index contributed by atoms with van der Waals surface area (Å²) in [7, 11) is 0. The van der Waals surface area contributed by atoms with Crippen molar-refractivity contribution in [1.29, 1.82) is 0 Å². The standard InChI is InChI=1S/C22H24N2O3/c1-14-17-11-10-16(21(26)27-22(2,3)4)13-18(17)24-20(25)19(23-14)12-15-8-6-5-7-9-15/h5-11,13,19H,12H2,1-4H3,(H,24,25)/t19-/m1/s1. The number of nitrogens with zero attached hydrogens (tertiary/aromatic N) is 1. The van der Waals surface area contributed by atoms with E-state index >= 15 is 0 Å². The molecule has 0 saturated heterocycles. The van der Waals surface area contributed by atoms with Gasteiger partial charge >= 0.3 is 5.97 Å². The first-order valence-electron chi connectivity index (χ1n) is 9.00. The molecule has 2 aromatic rings. The molecular formula is C22H24N2O3. The molecule has 0 unspecified atom stereocenters. The van der Waals surface area contributed by atoms with E-state index in [-0.39, 0.29) is 5.91 Å². The molecule has 0 bridgehead atoms. The first kappa shape index (κ1) is 18.8. The highest BCUT2D eigenvalue weighted by Gasteiger charge is 2.25. The van der Waals surface area contributed by atoms with Crippen molar-refractivity contribution in [3.05, 3.63) is 65.2 Å². The number of amides is 1. The number of benzene rings is 2. The Morgan fingerprint density at radius 2 is 1.85 bits per heavy atom. The number of rotatable bonds is 3. The van der Waals surface area contributed by atoms with Gasteiger partial charge in [0.05, 0.1) is 11.3 Å². The van der Waals surface area contributed by atoms with Gasteiger partial charge in [0.1, 0.15) is 11.6 Å². The number of carbonyl (C=O) groups excluding carboxylic acids is 2. The summed E-state index contributed by atoms with van der Waals surface area (Å²) in [6.45, 7) is 7.34. The van der Waals surface area contributed by atoms with Crippen LogP contribution in [0.15, 0.2) is 53.5 Å². The fourth-order valence-electron chi connectivity index (χ4n) is 2.98. The van der Waals surface area contributed by atoms with Gasteiger partial charge < -0.3 is 10.1 Å². The fourth-order valence-corrected chi connectivity index (χ4v) is 2.98. The predicted molar refractivity (Wildman–Crippen MR) is 106 cm³/mol. The third-order valence-corrected chi connectivity index (χ3v) is 4.23. The molecule has 27 heavy (non-hydrogen) atoms. The van der Waals surface area contributed by atoms with Gasteiger partial charge in [0.2, 0.25) is 5.91 Å². The largest absolute Gasteiger partial charge is 0.456 e. The molecule has 1 atom stereocenters. The maximum atomic E-state index is 12.7. The number of anilines is 1. The maximum absolute atomic E-state index is 12.7. The number of hydrogen-bond donors (Lipinski definition) is 1. The van der Waals surface area contributed by atoms with Gasteiger partial charge in [-0.15, -0.1) is 0 Å². The Balaban J connectivity index is 1.86.